The second-order valence-electron chi connectivity index (χ2n) is 15.5. The van der Waals surface area contributed by atoms with Crippen molar-refractivity contribution in [2.75, 3.05) is 4.90 Å². The summed E-state index contributed by atoms with van der Waals surface area (Å²) in [4.78, 5) is 2.36. The molecular weight excluding hydrogens is 651 g/mol. The molecule has 0 aromatic heterocycles. The monoisotopic (exact) mass is 691 g/mol. The number of aryl methyl sites for hydroxylation is 2. The fourth-order valence-electron chi connectivity index (χ4n) is 9.12. The quantitative estimate of drug-likeness (QED) is 0.162. The highest BCUT2D eigenvalue weighted by Crippen LogP contribution is 2.51. The van der Waals surface area contributed by atoms with Gasteiger partial charge >= 0.3 is 0 Å². The SMILES string of the molecule is Cc1cccc(N(c2ccc(-c3c4ccccc4c(-c4ccc5c(c4)-c4ccccc4C5(C)C)c4cc5ccccc5cc34)cc2)c2cccc(C)c2)c1. The number of anilines is 3. The first-order valence-corrected chi connectivity index (χ1v) is 19.0. The summed E-state index contributed by atoms with van der Waals surface area (Å²) in [5.74, 6) is 0. The molecule has 0 bridgehead atoms. The molecule has 9 aromatic carbocycles. The van der Waals surface area contributed by atoms with Crippen LogP contribution in [0.5, 0.6) is 0 Å². The van der Waals surface area contributed by atoms with Crippen LogP contribution in [0, 0.1) is 13.8 Å². The standard InChI is InChI=1S/C53H41N/c1-34-13-11-17-41(29-34)54(42-18-12-14-35(2)30-42)40-26-23-36(24-27-40)51-44-20-7-8-21-45(44)52(48-32-38-16-6-5-15-37(38)31-47(48)51)39-25-28-50-46(33-39)43-19-9-10-22-49(43)53(50,3)4/h5-33H,1-4H3. The Labute approximate surface area is 317 Å². The Hall–Kier alpha value is -6.44. The number of hydrogen-bond donors (Lipinski definition) is 0. The maximum atomic E-state index is 2.46. The summed E-state index contributed by atoms with van der Waals surface area (Å²) in [5, 5.41) is 7.58. The Balaban J connectivity index is 1.21. The van der Waals surface area contributed by atoms with Gasteiger partial charge in [-0.1, -0.05) is 135 Å². The zero-order chi connectivity index (χ0) is 36.6. The van der Waals surface area contributed by atoms with E-state index in [-0.39, 0.29) is 5.41 Å². The van der Waals surface area contributed by atoms with Gasteiger partial charge in [0.2, 0.25) is 0 Å². The molecule has 9 aromatic rings. The van der Waals surface area contributed by atoms with Gasteiger partial charge in [0.25, 0.3) is 0 Å². The Kier molecular flexibility index (Phi) is 7.35. The number of rotatable bonds is 5. The van der Waals surface area contributed by atoms with Crippen molar-refractivity contribution in [3.8, 4) is 33.4 Å². The average molecular weight is 692 g/mol. The van der Waals surface area contributed by atoms with Gasteiger partial charge in [-0.25, -0.2) is 0 Å². The van der Waals surface area contributed by atoms with Gasteiger partial charge in [0, 0.05) is 22.5 Å². The van der Waals surface area contributed by atoms with Crippen LogP contribution in [-0.4, -0.2) is 0 Å². The van der Waals surface area contributed by atoms with Gasteiger partial charge < -0.3 is 4.90 Å². The highest BCUT2D eigenvalue weighted by Gasteiger charge is 2.35. The molecular formula is C53H41N. The lowest BCUT2D eigenvalue weighted by Crippen LogP contribution is -2.14. The second-order valence-corrected chi connectivity index (χ2v) is 15.5. The molecule has 0 saturated heterocycles. The van der Waals surface area contributed by atoms with Crippen molar-refractivity contribution in [2.24, 2.45) is 0 Å². The average Bonchev–Trinajstić information content (AvgIpc) is 3.42. The summed E-state index contributed by atoms with van der Waals surface area (Å²) in [7, 11) is 0. The minimum Gasteiger partial charge on any atom is -0.310 e. The van der Waals surface area contributed by atoms with Crippen molar-refractivity contribution in [3.63, 3.8) is 0 Å². The van der Waals surface area contributed by atoms with Crippen LogP contribution in [0.1, 0.15) is 36.1 Å². The van der Waals surface area contributed by atoms with Gasteiger partial charge in [-0.2, -0.15) is 0 Å². The molecule has 0 unspecified atom stereocenters. The van der Waals surface area contributed by atoms with Crippen LogP contribution in [-0.2, 0) is 5.41 Å². The summed E-state index contributed by atoms with van der Waals surface area (Å²) in [6, 6.07) is 65.5. The minimum absolute atomic E-state index is 0.0327. The number of hydrogen-bond acceptors (Lipinski definition) is 1. The van der Waals surface area contributed by atoms with Crippen molar-refractivity contribution in [2.45, 2.75) is 33.1 Å². The van der Waals surface area contributed by atoms with Gasteiger partial charge in [-0.3, -0.25) is 0 Å². The summed E-state index contributed by atoms with van der Waals surface area (Å²) < 4.78 is 0. The van der Waals surface area contributed by atoms with Gasteiger partial charge in [-0.15, -0.1) is 0 Å². The second kappa shape index (κ2) is 12.3. The van der Waals surface area contributed by atoms with Crippen molar-refractivity contribution < 1.29 is 0 Å². The van der Waals surface area contributed by atoms with E-state index in [9.17, 15) is 0 Å². The van der Waals surface area contributed by atoms with Crippen LogP contribution in [0.2, 0.25) is 0 Å². The summed E-state index contributed by atoms with van der Waals surface area (Å²) in [6.45, 7) is 9.03. The highest BCUT2D eigenvalue weighted by molar-refractivity contribution is 6.23. The Morgan fingerprint density at radius 1 is 0.370 bits per heavy atom. The maximum absolute atomic E-state index is 2.46. The van der Waals surface area contributed by atoms with Crippen molar-refractivity contribution in [3.05, 3.63) is 198 Å². The lowest BCUT2D eigenvalue weighted by Gasteiger charge is -2.26. The highest BCUT2D eigenvalue weighted by atomic mass is 15.1. The molecule has 0 spiro atoms. The molecule has 0 aliphatic heterocycles. The normalized spacial score (nSPS) is 13.0. The third-order valence-corrected chi connectivity index (χ3v) is 11.7. The molecule has 1 aliphatic carbocycles. The van der Waals surface area contributed by atoms with Crippen LogP contribution in [0.4, 0.5) is 17.1 Å². The molecule has 0 N–H and O–H groups in total. The third-order valence-electron chi connectivity index (χ3n) is 11.7. The molecule has 0 radical (unpaired) electrons. The predicted molar refractivity (Wildman–Crippen MR) is 232 cm³/mol. The number of nitrogens with zero attached hydrogens (tertiary/aromatic N) is 1. The Morgan fingerprint density at radius 3 is 1.50 bits per heavy atom. The lowest BCUT2D eigenvalue weighted by molar-refractivity contribution is 0.660. The van der Waals surface area contributed by atoms with Crippen LogP contribution in [0.3, 0.4) is 0 Å². The van der Waals surface area contributed by atoms with E-state index in [1.54, 1.807) is 0 Å². The van der Waals surface area contributed by atoms with Crippen LogP contribution < -0.4 is 4.90 Å². The summed E-state index contributed by atoms with van der Waals surface area (Å²) in [5.41, 5.74) is 16.4. The molecule has 0 atom stereocenters. The van der Waals surface area contributed by atoms with Gasteiger partial charge in [0.15, 0.2) is 0 Å². The van der Waals surface area contributed by atoms with Crippen LogP contribution in [0.25, 0.3) is 65.7 Å². The van der Waals surface area contributed by atoms with Gasteiger partial charge in [-0.05, 0) is 156 Å². The molecule has 0 heterocycles. The van der Waals surface area contributed by atoms with E-state index >= 15 is 0 Å². The van der Waals surface area contributed by atoms with E-state index in [1.165, 1.54) is 88.0 Å². The molecule has 1 heteroatoms. The lowest BCUT2D eigenvalue weighted by atomic mass is 9.81. The first-order chi connectivity index (χ1) is 26.3. The smallest absolute Gasteiger partial charge is 0.0464 e. The molecule has 54 heavy (non-hydrogen) atoms. The topological polar surface area (TPSA) is 3.24 Å². The van der Waals surface area contributed by atoms with Crippen LogP contribution >= 0.6 is 0 Å². The molecule has 258 valence electrons. The maximum Gasteiger partial charge on any atom is 0.0464 e. The first-order valence-electron chi connectivity index (χ1n) is 19.0. The van der Waals surface area contributed by atoms with Crippen molar-refractivity contribution in [1.82, 2.24) is 0 Å². The van der Waals surface area contributed by atoms with Crippen molar-refractivity contribution in [1.29, 1.82) is 0 Å². The third kappa shape index (κ3) is 5.07. The van der Waals surface area contributed by atoms with E-state index in [0.29, 0.717) is 0 Å². The zero-order valence-corrected chi connectivity index (χ0v) is 31.2. The van der Waals surface area contributed by atoms with E-state index in [0.717, 1.165) is 17.1 Å². The first kappa shape index (κ1) is 32.2. The Morgan fingerprint density at radius 2 is 0.889 bits per heavy atom. The molecule has 0 fully saturated rings. The predicted octanol–water partition coefficient (Wildman–Crippen LogP) is 14.9. The molecule has 0 saturated carbocycles. The summed E-state index contributed by atoms with van der Waals surface area (Å²) >= 11 is 0. The van der Waals surface area contributed by atoms with Crippen LogP contribution in [0.15, 0.2) is 176 Å². The largest absolute Gasteiger partial charge is 0.310 e. The van der Waals surface area contributed by atoms with E-state index in [1.807, 2.05) is 0 Å². The number of fused-ring (bicyclic) bond motifs is 6. The molecule has 10 rings (SSSR count). The van der Waals surface area contributed by atoms with E-state index < -0.39 is 0 Å². The van der Waals surface area contributed by atoms with E-state index in [2.05, 4.69) is 209 Å². The van der Waals surface area contributed by atoms with E-state index in [4.69, 9.17) is 0 Å². The molecule has 0 amide bonds. The summed E-state index contributed by atoms with van der Waals surface area (Å²) in [6.07, 6.45) is 0. The van der Waals surface area contributed by atoms with Crippen molar-refractivity contribution >= 4 is 49.4 Å². The molecule has 1 nitrogen and oxygen atoms in total. The Bertz CT molecular complexity index is 2880. The fraction of sp³-hybridized carbons (Fsp3) is 0.0943. The minimum atomic E-state index is -0.0327. The van der Waals surface area contributed by atoms with Gasteiger partial charge in [0.05, 0.1) is 0 Å². The fourth-order valence-corrected chi connectivity index (χ4v) is 9.12. The number of benzene rings is 9. The zero-order valence-electron chi connectivity index (χ0n) is 31.2. The van der Waals surface area contributed by atoms with Gasteiger partial charge in [0.1, 0.15) is 0 Å². The molecule has 1 aliphatic rings.